The molecule has 1 saturated carbocycles. The fraction of sp³-hybridized carbons (Fsp3) is 0.389. The summed E-state index contributed by atoms with van der Waals surface area (Å²) in [5, 5.41) is 21.6. The Morgan fingerprint density at radius 3 is 2.81 bits per heavy atom. The van der Waals surface area contributed by atoms with E-state index in [1.807, 2.05) is 0 Å². The summed E-state index contributed by atoms with van der Waals surface area (Å²) in [6.07, 6.45) is 4.39. The number of alkyl halides is 2. The van der Waals surface area contributed by atoms with Crippen molar-refractivity contribution < 1.29 is 18.6 Å². The molecule has 0 radical (unpaired) electrons. The number of aromatic nitrogens is 4. The number of hydrogen-bond acceptors (Lipinski definition) is 6. The Hall–Kier alpha value is -2.81. The normalized spacial score (nSPS) is 22.1. The molecule has 0 aliphatic heterocycles. The van der Waals surface area contributed by atoms with Crippen LogP contribution in [0, 0.1) is 6.92 Å². The average molecular weight is 375 g/mol. The van der Waals surface area contributed by atoms with E-state index in [1.54, 1.807) is 49.0 Å². The van der Waals surface area contributed by atoms with Crippen molar-refractivity contribution in [2.75, 3.05) is 5.32 Å². The van der Waals surface area contributed by atoms with E-state index in [9.17, 15) is 13.9 Å². The number of anilines is 1. The highest BCUT2D eigenvalue weighted by atomic mass is 19.3. The molecular formula is C18H19F2N5O2. The van der Waals surface area contributed by atoms with Gasteiger partial charge in [0.1, 0.15) is 17.8 Å². The van der Waals surface area contributed by atoms with Gasteiger partial charge in [-0.3, -0.25) is 4.40 Å². The molecular weight excluding hydrogens is 356 g/mol. The number of fused-ring (bicyclic) bond motifs is 1. The van der Waals surface area contributed by atoms with Crippen LogP contribution < -0.4 is 10.1 Å². The summed E-state index contributed by atoms with van der Waals surface area (Å²) in [5.41, 5.74) is 1.55. The van der Waals surface area contributed by atoms with Gasteiger partial charge in [-0.1, -0.05) is 6.07 Å². The third kappa shape index (κ3) is 3.42. The van der Waals surface area contributed by atoms with E-state index < -0.39 is 12.2 Å². The number of benzene rings is 1. The highest BCUT2D eigenvalue weighted by molar-refractivity contribution is 5.81. The van der Waals surface area contributed by atoms with Gasteiger partial charge >= 0.3 is 6.61 Å². The number of aliphatic hydroxyl groups is 1. The minimum Gasteiger partial charge on any atom is -0.434 e. The molecule has 0 saturated heterocycles. The first kappa shape index (κ1) is 17.6. The van der Waals surface area contributed by atoms with Crippen molar-refractivity contribution in [1.29, 1.82) is 0 Å². The lowest BCUT2D eigenvalue weighted by Crippen LogP contribution is -2.48. The first-order chi connectivity index (χ1) is 12.8. The fourth-order valence-corrected chi connectivity index (χ4v) is 3.43. The molecule has 0 amide bonds. The standard InChI is InChI=1S/C18H19F2N5O2/c1-10-3-4-12(14(5-10)27-16(19)20)15-13-8-21-9-25(13)17(24-23-15)22-11-6-18(2,26)7-11/h3-5,8-9,11,16,26H,6-7H2,1-2H3,(H,22,24)/t11-,18+. The zero-order chi connectivity index (χ0) is 19.2. The molecule has 0 unspecified atom stereocenters. The molecule has 9 heteroatoms. The van der Waals surface area contributed by atoms with Gasteiger partial charge in [0.15, 0.2) is 0 Å². The Kier molecular flexibility index (Phi) is 4.18. The maximum atomic E-state index is 12.8. The van der Waals surface area contributed by atoms with Gasteiger partial charge < -0.3 is 15.2 Å². The molecule has 2 heterocycles. The van der Waals surface area contributed by atoms with Crippen LogP contribution in [0.3, 0.4) is 0 Å². The van der Waals surface area contributed by atoms with Crippen LogP contribution in [0.15, 0.2) is 30.7 Å². The summed E-state index contributed by atoms with van der Waals surface area (Å²) in [5.74, 6) is 0.522. The van der Waals surface area contributed by atoms with Gasteiger partial charge in [0.05, 0.1) is 17.3 Å². The number of halogens is 2. The third-order valence-corrected chi connectivity index (χ3v) is 4.67. The van der Waals surface area contributed by atoms with Crippen LogP contribution >= 0.6 is 0 Å². The molecule has 2 aromatic heterocycles. The van der Waals surface area contributed by atoms with Gasteiger partial charge in [0.2, 0.25) is 5.95 Å². The predicted octanol–water partition coefficient (Wildman–Crippen LogP) is 3.03. The molecule has 1 aliphatic carbocycles. The zero-order valence-electron chi connectivity index (χ0n) is 14.9. The second-order valence-electron chi connectivity index (χ2n) is 7.15. The molecule has 7 nitrogen and oxygen atoms in total. The smallest absolute Gasteiger partial charge is 0.387 e. The van der Waals surface area contributed by atoms with Crippen LogP contribution in [0.4, 0.5) is 14.7 Å². The van der Waals surface area contributed by atoms with Crippen LogP contribution in [-0.2, 0) is 0 Å². The summed E-state index contributed by atoms with van der Waals surface area (Å²) < 4.78 is 32.0. The summed E-state index contributed by atoms with van der Waals surface area (Å²) in [6, 6.07) is 5.10. The van der Waals surface area contributed by atoms with E-state index in [4.69, 9.17) is 0 Å². The lowest BCUT2D eigenvalue weighted by atomic mass is 9.77. The Bertz CT molecular complexity index is 981. The summed E-state index contributed by atoms with van der Waals surface area (Å²) in [4.78, 5) is 4.14. The number of aryl methyl sites for hydroxylation is 1. The zero-order valence-corrected chi connectivity index (χ0v) is 14.9. The van der Waals surface area contributed by atoms with E-state index in [1.165, 1.54) is 0 Å². The molecule has 1 aromatic carbocycles. The molecule has 142 valence electrons. The van der Waals surface area contributed by atoms with Crippen molar-refractivity contribution in [3.63, 3.8) is 0 Å². The lowest BCUT2D eigenvalue weighted by Gasteiger charge is -2.41. The molecule has 0 bridgehead atoms. The Balaban J connectivity index is 1.72. The second kappa shape index (κ2) is 6.41. The number of rotatable bonds is 5. The maximum Gasteiger partial charge on any atom is 0.387 e. The third-order valence-electron chi connectivity index (χ3n) is 4.67. The summed E-state index contributed by atoms with van der Waals surface area (Å²) in [7, 11) is 0. The van der Waals surface area contributed by atoms with Crippen molar-refractivity contribution in [3.05, 3.63) is 36.3 Å². The Morgan fingerprint density at radius 1 is 1.33 bits per heavy atom. The predicted molar refractivity (Wildman–Crippen MR) is 94.9 cm³/mol. The van der Waals surface area contributed by atoms with Crippen molar-refractivity contribution in [3.8, 4) is 17.0 Å². The molecule has 2 N–H and O–H groups in total. The van der Waals surface area contributed by atoms with Crippen LogP contribution in [0.5, 0.6) is 5.75 Å². The molecule has 27 heavy (non-hydrogen) atoms. The quantitative estimate of drug-likeness (QED) is 0.713. The average Bonchev–Trinajstić information content (AvgIpc) is 3.03. The van der Waals surface area contributed by atoms with Crippen LogP contribution in [0.25, 0.3) is 16.8 Å². The van der Waals surface area contributed by atoms with Gasteiger partial charge in [0, 0.05) is 11.6 Å². The van der Waals surface area contributed by atoms with Crippen LogP contribution in [0.1, 0.15) is 25.3 Å². The topological polar surface area (TPSA) is 84.6 Å². The number of ether oxygens (including phenoxy) is 1. The number of hydrogen-bond donors (Lipinski definition) is 2. The van der Waals surface area contributed by atoms with E-state index >= 15 is 0 Å². The van der Waals surface area contributed by atoms with Gasteiger partial charge in [-0.25, -0.2) is 4.98 Å². The van der Waals surface area contributed by atoms with Gasteiger partial charge in [-0.15, -0.1) is 10.2 Å². The fourth-order valence-electron chi connectivity index (χ4n) is 3.43. The maximum absolute atomic E-state index is 12.8. The van der Waals surface area contributed by atoms with E-state index in [2.05, 4.69) is 25.2 Å². The first-order valence-corrected chi connectivity index (χ1v) is 8.56. The van der Waals surface area contributed by atoms with Crippen molar-refractivity contribution in [1.82, 2.24) is 19.6 Å². The Labute approximate surface area is 154 Å². The highest BCUT2D eigenvalue weighted by Gasteiger charge is 2.38. The summed E-state index contributed by atoms with van der Waals surface area (Å²) >= 11 is 0. The van der Waals surface area contributed by atoms with Crippen molar-refractivity contribution in [2.24, 2.45) is 0 Å². The monoisotopic (exact) mass is 375 g/mol. The van der Waals surface area contributed by atoms with E-state index in [0.29, 0.717) is 35.6 Å². The molecule has 0 atom stereocenters. The van der Waals surface area contributed by atoms with Crippen LogP contribution in [0.2, 0.25) is 0 Å². The lowest BCUT2D eigenvalue weighted by molar-refractivity contribution is -0.0495. The largest absolute Gasteiger partial charge is 0.434 e. The highest BCUT2D eigenvalue weighted by Crippen LogP contribution is 2.35. The number of nitrogens with one attached hydrogen (secondary N) is 1. The SMILES string of the molecule is Cc1ccc(-c2nnc(N[C@H]3C[C@@](C)(O)C3)n3cncc23)c(OC(F)F)c1. The minimum atomic E-state index is -2.94. The van der Waals surface area contributed by atoms with Crippen molar-refractivity contribution in [2.45, 2.75) is 44.9 Å². The minimum absolute atomic E-state index is 0.0400. The second-order valence-corrected chi connectivity index (χ2v) is 7.15. The van der Waals surface area contributed by atoms with Crippen molar-refractivity contribution >= 4 is 11.5 Å². The molecule has 1 fully saturated rings. The number of imidazole rings is 1. The van der Waals surface area contributed by atoms with Gasteiger partial charge in [-0.2, -0.15) is 8.78 Å². The van der Waals surface area contributed by atoms with Crippen LogP contribution in [-0.4, -0.2) is 42.9 Å². The molecule has 4 rings (SSSR count). The van der Waals surface area contributed by atoms with Gasteiger partial charge in [-0.05, 0) is 44.4 Å². The Morgan fingerprint density at radius 2 is 2.11 bits per heavy atom. The first-order valence-electron chi connectivity index (χ1n) is 8.56. The molecule has 1 aliphatic rings. The van der Waals surface area contributed by atoms with Gasteiger partial charge in [0.25, 0.3) is 0 Å². The summed E-state index contributed by atoms with van der Waals surface area (Å²) in [6.45, 7) is 0.643. The molecule has 3 aromatic rings. The molecule has 0 spiro atoms. The van der Waals surface area contributed by atoms with E-state index in [0.717, 1.165) is 5.56 Å². The van der Waals surface area contributed by atoms with E-state index in [-0.39, 0.29) is 11.8 Å². The number of nitrogens with zero attached hydrogens (tertiary/aromatic N) is 4.